The number of aromatic nitrogens is 5. The summed E-state index contributed by atoms with van der Waals surface area (Å²) in [6.45, 7) is 1.92. The summed E-state index contributed by atoms with van der Waals surface area (Å²) in [4.78, 5) is 4.96. The van der Waals surface area contributed by atoms with Gasteiger partial charge in [0.2, 0.25) is 0 Å². The average molecular weight is 386 g/mol. The third-order valence-electron chi connectivity index (χ3n) is 6.11. The highest BCUT2D eigenvalue weighted by atomic mass is 16.5. The van der Waals surface area contributed by atoms with E-state index in [1.165, 1.54) is 23.1 Å². The van der Waals surface area contributed by atoms with Gasteiger partial charge in [-0.3, -0.25) is 4.68 Å². The molecule has 1 N–H and O–H groups in total. The Balaban J connectivity index is 1.47. The first-order chi connectivity index (χ1) is 14.3. The molecule has 4 heterocycles. The molecule has 3 aromatic heterocycles. The molecule has 0 radical (unpaired) electrons. The molecule has 1 aliphatic carbocycles. The summed E-state index contributed by atoms with van der Waals surface area (Å²) in [7, 11) is 1.71. The van der Waals surface area contributed by atoms with Gasteiger partial charge in [-0.15, -0.1) is 0 Å². The molecule has 2 aliphatic rings. The summed E-state index contributed by atoms with van der Waals surface area (Å²) in [5.41, 5.74) is 7.62. The highest BCUT2D eigenvalue weighted by Gasteiger charge is 2.22. The van der Waals surface area contributed by atoms with Gasteiger partial charge in [0.15, 0.2) is 0 Å². The minimum Gasteiger partial charge on any atom is -0.494 e. The van der Waals surface area contributed by atoms with Crippen molar-refractivity contribution in [2.75, 3.05) is 20.2 Å². The molecule has 0 unspecified atom stereocenters. The minimum absolute atomic E-state index is 0.421. The van der Waals surface area contributed by atoms with Crippen molar-refractivity contribution in [3.63, 3.8) is 0 Å². The van der Waals surface area contributed by atoms with Crippen molar-refractivity contribution in [3.8, 4) is 22.7 Å². The summed E-state index contributed by atoms with van der Waals surface area (Å²) < 4.78 is 9.66. The number of benzene rings is 1. The molecule has 146 valence electrons. The molecule has 0 amide bonds. The molecule has 4 aromatic rings. The molecule has 29 heavy (non-hydrogen) atoms. The number of methoxy groups -OCH3 is 1. The summed E-state index contributed by atoms with van der Waals surface area (Å²) in [5, 5.41) is 12.4. The second-order valence-electron chi connectivity index (χ2n) is 7.79. The SMILES string of the molecule is COc1cc2c(cnn2-c2cnn(C3CNC3)c2)nc1-c1cccc2c1CCC2. The molecule has 0 spiro atoms. The van der Waals surface area contributed by atoms with Gasteiger partial charge in [0.05, 0.1) is 37.3 Å². The van der Waals surface area contributed by atoms with Crippen LogP contribution in [0.1, 0.15) is 23.6 Å². The number of nitrogens with one attached hydrogen (secondary N) is 1. The Morgan fingerprint density at radius 2 is 2.07 bits per heavy atom. The van der Waals surface area contributed by atoms with Gasteiger partial charge in [0.25, 0.3) is 0 Å². The third-order valence-corrected chi connectivity index (χ3v) is 6.11. The lowest BCUT2D eigenvalue weighted by Crippen LogP contribution is -2.43. The van der Waals surface area contributed by atoms with E-state index < -0.39 is 0 Å². The van der Waals surface area contributed by atoms with Gasteiger partial charge < -0.3 is 10.1 Å². The molecule has 1 aromatic carbocycles. The molecule has 0 bridgehead atoms. The summed E-state index contributed by atoms with van der Waals surface area (Å²) in [5.74, 6) is 0.773. The summed E-state index contributed by atoms with van der Waals surface area (Å²) >= 11 is 0. The topological polar surface area (TPSA) is 69.8 Å². The number of fused-ring (bicyclic) bond motifs is 2. The van der Waals surface area contributed by atoms with Crippen LogP contribution in [-0.4, -0.2) is 44.7 Å². The zero-order valence-corrected chi connectivity index (χ0v) is 16.3. The second kappa shape index (κ2) is 6.42. The predicted molar refractivity (Wildman–Crippen MR) is 111 cm³/mol. The van der Waals surface area contributed by atoms with Crippen molar-refractivity contribution < 1.29 is 4.74 Å². The van der Waals surface area contributed by atoms with E-state index in [0.717, 1.165) is 54.1 Å². The maximum atomic E-state index is 5.77. The summed E-state index contributed by atoms with van der Waals surface area (Å²) in [6, 6.07) is 8.97. The number of rotatable bonds is 4. The van der Waals surface area contributed by atoms with Crippen LogP contribution in [0.2, 0.25) is 0 Å². The predicted octanol–water partition coefficient (Wildman–Crippen LogP) is 2.93. The van der Waals surface area contributed by atoms with Crippen molar-refractivity contribution in [2.45, 2.75) is 25.3 Å². The normalized spacial score (nSPS) is 16.2. The van der Waals surface area contributed by atoms with E-state index in [2.05, 4.69) is 33.7 Å². The molecule has 1 saturated heterocycles. The molecule has 0 saturated carbocycles. The first kappa shape index (κ1) is 16.7. The van der Waals surface area contributed by atoms with Gasteiger partial charge >= 0.3 is 0 Å². The monoisotopic (exact) mass is 386 g/mol. The maximum Gasteiger partial charge on any atom is 0.147 e. The van der Waals surface area contributed by atoms with Gasteiger partial charge in [-0.1, -0.05) is 18.2 Å². The highest BCUT2D eigenvalue weighted by molar-refractivity contribution is 5.84. The van der Waals surface area contributed by atoms with E-state index >= 15 is 0 Å². The fourth-order valence-corrected chi connectivity index (χ4v) is 4.43. The summed E-state index contributed by atoms with van der Waals surface area (Å²) in [6.07, 6.45) is 9.17. The van der Waals surface area contributed by atoms with E-state index in [9.17, 15) is 0 Å². The van der Waals surface area contributed by atoms with Crippen LogP contribution in [0.5, 0.6) is 5.75 Å². The quantitative estimate of drug-likeness (QED) is 0.584. The Hall–Kier alpha value is -3.19. The zero-order valence-electron chi connectivity index (χ0n) is 16.3. The van der Waals surface area contributed by atoms with Gasteiger partial charge in [0.1, 0.15) is 22.6 Å². The van der Waals surface area contributed by atoms with Crippen molar-refractivity contribution in [3.05, 3.63) is 54.0 Å². The van der Waals surface area contributed by atoms with E-state index in [1.807, 2.05) is 34.0 Å². The number of pyridine rings is 1. The third kappa shape index (κ3) is 2.57. The first-order valence-electron chi connectivity index (χ1n) is 10.1. The van der Waals surface area contributed by atoms with E-state index in [4.69, 9.17) is 9.72 Å². The van der Waals surface area contributed by atoms with Crippen LogP contribution in [0.15, 0.2) is 42.9 Å². The van der Waals surface area contributed by atoms with E-state index in [1.54, 1.807) is 7.11 Å². The number of ether oxygens (including phenoxy) is 1. The highest BCUT2D eigenvalue weighted by Crippen LogP contribution is 2.37. The number of aryl methyl sites for hydroxylation is 1. The van der Waals surface area contributed by atoms with E-state index in [-0.39, 0.29) is 0 Å². The molecular formula is C22H22N6O. The van der Waals surface area contributed by atoms with Crippen molar-refractivity contribution in [1.29, 1.82) is 0 Å². The average Bonchev–Trinajstić information content (AvgIpc) is 3.44. The largest absolute Gasteiger partial charge is 0.494 e. The molecule has 7 nitrogen and oxygen atoms in total. The lowest BCUT2D eigenvalue weighted by atomic mass is 9.99. The van der Waals surface area contributed by atoms with Crippen LogP contribution in [0, 0.1) is 0 Å². The van der Waals surface area contributed by atoms with Gasteiger partial charge in [-0.05, 0) is 30.4 Å². The first-order valence-corrected chi connectivity index (χ1v) is 10.1. The van der Waals surface area contributed by atoms with Crippen LogP contribution in [0.25, 0.3) is 28.0 Å². The number of hydrogen-bond acceptors (Lipinski definition) is 5. The lowest BCUT2D eigenvalue weighted by molar-refractivity contribution is 0.318. The van der Waals surface area contributed by atoms with E-state index in [0.29, 0.717) is 6.04 Å². The fourth-order valence-electron chi connectivity index (χ4n) is 4.43. The standard InChI is InChI=1S/C22H22N6O/c1-29-21-8-20-19(26-22(21)18-7-3-5-14-4-2-6-17(14)18)12-25-28(20)16-11-24-27(13-16)15-9-23-10-15/h3,5,7-8,11-13,15,23H,2,4,6,9-10H2,1H3. The Morgan fingerprint density at radius 1 is 1.14 bits per heavy atom. The Bertz CT molecular complexity index is 1220. The lowest BCUT2D eigenvalue weighted by Gasteiger charge is -2.27. The fraction of sp³-hybridized carbons (Fsp3) is 0.318. The van der Waals surface area contributed by atoms with Gasteiger partial charge in [0, 0.05) is 24.7 Å². The number of hydrogen-bond donors (Lipinski definition) is 1. The molecule has 0 atom stereocenters. The van der Waals surface area contributed by atoms with Crippen molar-refractivity contribution >= 4 is 11.0 Å². The number of nitrogens with zero attached hydrogens (tertiary/aromatic N) is 5. The maximum absolute atomic E-state index is 5.77. The Labute approximate surface area is 168 Å². The molecular weight excluding hydrogens is 364 g/mol. The molecule has 1 aliphatic heterocycles. The van der Waals surface area contributed by atoms with Crippen LogP contribution in [0.3, 0.4) is 0 Å². The van der Waals surface area contributed by atoms with Crippen LogP contribution < -0.4 is 10.1 Å². The Morgan fingerprint density at radius 3 is 2.90 bits per heavy atom. The van der Waals surface area contributed by atoms with Crippen molar-refractivity contribution in [1.82, 2.24) is 29.9 Å². The van der Waals surface area contributed by atoms with Gasteiger partial charge in [-0.25, -0.2) is 9.67 Å². The minimum atomic E-state index is 0.421. The van der Waals surface area contributed by atoms with Crippen LogP contribution >= 0.6 is 0 Å². The Kier molecular flexibility index (Phi) is 3.70. The smallest absolute Gasteiger partial charge is 0.147 e. The molecule has 6 rings (SSSR count). The van der Waals surface area contributed by atoms with Crippen LogP contribution in [0.4, 0.5) is 0 Å². The van der Waals surface area contributed by atoms with Crippen molar-refractivity contribution in [2.24, 2.45) is 0 Å². The van der Waals surface area contributed by atoms with Crippen LogP contribution in [-0.2, 0) is 12.8 Å². The zero-order chi connectivity index (χ0) is 19.4. The second-order valence-corrected chi connectivity index (χ2v) is 7.79. The van der Waals surface area contributed by atoms with Gasteiger partial charge in [-0.2, -0.15) is 10.2 Å². The molecule has 1 fully saturated rings. The molecule has 7 heteroatoms.